The Hall–Kier alpha value is -3.72. The van der Waals surface area contributed by atoms with Crippen molar-refractivity contribution in [3.63, 3.8) is 0 Å². The molecule has 0 spiro atoms. The quantitative estimate of drug-likeness (QED) is 0.480. The number of fused-ring (bicyclic) bond motifs is 2. The second-order valence-electron chi connectivity index (χ2n) is 6.96. The lowest BCUT2D eigenvalue weighted by Crippen LogP contribution is -2.37. The molecule has 0 aliphatic carbocycles. The number of carbonyl (C=O) groups is 1. The number of hydrogen-bond acceptors (Lipinski definition) is 7. The molecule has 1 aliphatic rings. The van der Waals surface area contributed by atoms with E-state index in [-0.39, 0.29) is 18.0 Å². The number of carbonyl (C=O) groups excluding carboxylic acids is 1. The SMILES string of the molecule is O=C(Cn1nnc2ccccc2c1=O)N(Cc1cccs1)c1ccc2c(c1)OCCO2. The minimum atomic E-state index is -0.350. The van der Waals surface area contributed by atoms with Crippen LogP contribution in [0.2, 0.25) is 0 Å². The van der Waals surface area contributed by atoms with Gasteiger partial charge in [-0.2, -0.15) is 0 Å². The van der Waals surface area contributed by atoms with Gasteiger partial charge in [-0.3, -0.25) is 9.59 Å². The molecule has 8 nitrogen and oxygen atoms in total. The van der Waals surface area contributed by atoms with Crippen LogP contribution in [-0.4, -0.2) is 34.1 Å². The van der Waals surface area contributed by atoms with Crippen LogP contribution in [0.15, 0.2) is 64.8 Å². The Balaban J connectivity index is 1.48. The summed E-state index contributed by atoms with van der Waals surface area (Å²) in [7, 11) is 0. The van der Waals surface area contributed by atoms with Gasteiger partial charge >= 0.3 is 0 Å². The number of hydrogen-bond donors (Lipinski definition) is 0. The first kappa shape index (κ1) is 19.3. The maximum absolute atomic E-state index is 13.3. The monoisotopic (exact) mass is 434 g/mol. The minimum Gasteiger partial charge on any atom is -0.486 e. The average Bonchev–Trinajstić information content (AvgIpc) is 3.32. The van der Waals surface area contributed by atoms with Gasteiger partial charge in [0.2, 0.25) is 5.91 Å². The molecule has 1 aliphatic heterocycles. The van der Waals surface area contributed by atoms with Gasteiger partial charge < -0.3 is 14.4 Å². The second-order valence-corrected chi connectivity index (χ2v) is 7.99. The van der Waals surface area contributed by atoms with Crippen LogP contribution >= 0.6 is 11.3 Å². The number of benzene rings is 2. The maximum atomic E-state index is 13.3. The number of rotatable bonds is 5. The standard InChI is InChI=1S/C22H18N4O4S/c27-21(14-26-22(28)17-5-1-2-6-18(17)23-24-26)25(13-16-4-3-11-31-16)15-7-8-19-20(12-15)30-10-9-29-19/h1-8,11-12H,9-10,13-14H2. The van der Waals surface area contributed by atoms with E-state index >= 15 is 0 Å². The van der Waals surface area contributed by atoms with E-state index in [4.69, 9.17) is 9.47 Å². The van der Waals surface area contributed by atoms with Gasteiger partial charge in [0.05, 0.1) is 11.9 Å². The molecule has 5 rings (SSSR count). The maximum Gasteiger partial charge on any atom is 0.278 e. The Morgan fingerprint density at radius 2 is 1.90 bits per heavy atom. The van der Waals surface area contributed by atoms with Crippen molar-refractivity contribution in [2.24, 2.45) is 0 Å². The molecule has 0 atom stereocenters. The Labute approximate surface area is 181 Å². The Bertz CT molecular complexity index is 1300. The van der Waals surface area contributed by atoms with Gasteiger partial charge in [-0.05, 0) is 35.7 Å². The number of amides is 1. The molecule has 31 heavy (non-hydrogen) atoms. The van der Waals surface area contributed by atoms with Crippen molar-refractivity contribution in [1.82, 2.24) is 15.0 Å². The smallest absolute Gasteiger partial charge is 0.278 e. The van der Waals surface area contributed by atoms with Crippen LogP contribution in [0.3, 0.4) is 0 Å². The Kier molecular flexibility index (Phi) is 5.09. The van der Waals surface area contributed by atoms with Crippen LogP contribution in [0, 0.1) is 0 Å². The highest BCUT2D eigenvalue weighted by molar-refractivity contribution is 7.09. The zero-order chi connectivity index (χ0) is 21.2. The lowest BCUT2D eigenvalue weighted by Gasteiger charge is -2.25. The van der Waals surface area contributed by atoms with Crippen molar-refractivity contribution in [2.75, 3.05) is 18.1 Å². The third-order valence-corrected chi connectivity index (χ3v) is 5.81. The molecule has 9 heteroatoms. The summed E-state index contributed by atoms with van der Waals surface area (Å²) in [5.41, 5.74) is 0.806. The highest BCUT2D eigenvalue weighted by Gasteiger charge is 2.22. The van der Waals surface area contributed by atoms with Gasteiger partial charge in [0.1, 0.15) is 25.3 Å². The van der Waals surface area contributed by atoms with Crippen molar-refractivity contribution >= 4 is 33.8 Å². The number of aromatic nitrogens is 3. The highest BCUT2D eigenvalue weighted by atomic mass is 32.1. The molecule has 0 saturated heterocycles. The summed E-state index contributed by atoms with van der Waals surface area (Å²) in [4.78, 5) is 28.7. The molecule has 1 amide bonds. The van der Waals surface area contributed by atoms with Crippen LogP contribution in [-0.2, 0) is 17.9 Å². The topological polar surface area (TPSA) is 86.5 Å². The summed E-state index contributed by atoms with van der Waals surface area (Å²) in [5, 5.41) is 10.4. The van der Waals surface area contributed by atoms with Gasteiger partial charge in [0.15, 0.2) is 11.5 Å². The van der Waals surface area contributed by atoms with E-state index in [1.165, 1.54) is 0 Å². The summed E-state index contributed by atoms with van der Waals surface area (Å²) < 4.78 is 12.4. The van der Waals surface area contributed by atoms with Gasteiger partial charge in [-0.1, -0.05) is 23.4 Å². The minimum absolute atomic E-state index is 0.226. The largest absolute Gasteiger partial charge is 0.486 e. The van der Waals surface area contributed by atoms with Crippen LogP contribution < -0.4 is 19.9 Å². The molecule has 0 saturated carbocycles. The normalized spacial score (nSPS) is 12.6. The molecule has 156 valence electrons. The second kappa shape index (κ2) is 8.19. The van der Waals surface area contributed by atoms with E-state index in [0.717, 1.165) is 9.56 Å². The molecule has 0 radical (unpaired) electrons. The van der Waals surface area contributed by atoms with Crippen molar-refractivity contribution in [3.8, 4) is 11.5 Å². The van der Waals surface area contributed by atoms with Crippen molar-refractivity contribution in [2.45, 2.75) is 13.1 Å². The van der Waals surface area contributed by atoms with Crippen LogP contribution in [0.4, 0.5) is 5.69 Å². The molecular weight excluding hydrogens is 416 g/mol. The van der Waals surface area contributed by atoms with Gasteiger partial charge in [-0.25, -0.2) is 4.68 Å². The highest BCUT2D eigenvalue weighted by Crippen LogP contribution is 2.34. The molecule has 0 bridgehead atoms. The zero-order valence-corrected chi connectivity index (χ0v) is 17.2. The molecule has 4 aromatic rings. The van der Waals surface area contributed by atoms with Gasteiger partial charge in [0, 0.05) is 16.6 Å². The molecule has 0 fully saturated rings. The Morgan fingerprint density at radius 3 is 2.74 bits per heavy atom. The molecule has 2 aromatic carbocycles. The first-order valence-electron chi connectivity index (χ1n) is 9.74. The molecule has 2 aromatic heterocycles. The van der Waals surface area contributed by atoms with Gasteiger partial charge in [-0.15, -0.1) is 16.4 Å². The van der Waals surface area contributed by atoms with Crippen molar-refractivity contribution in [1.29, 1.82) is 0 Å². The Morgan fingerprint density at radius 1 is 1.06 bits per heavy atom. The van der Waals surface area contributed by atoms with Crippen molar-refractivity contribution < 1.29 is 14.3 Å². The number of thiophene rings is 1. The summed E-state index contributed by atoms with van der Waals surface area (Å²) in [6, 6.07) is 16.2. The lowest BCUT2D eigenvalue weighted by atomic mass is 10.2. The van der Waals surface area contributed by atoms with Crippen LogP contribution in [0.5, 0.6) is 11.5 Å². The third kappa shape index (κ3) is 3.87. The first-order chi connectivity index (χ1) is 15.2. The van der Waals surface area contributed by atoms with Crippen LogP contribution in [0.25, 0.3) is 10.9 Å². The third-order valence-electron chi connectivity index (χ3n) is 4.95. The summed E-state index contributed by atoms with van der Waals surface area (Å²) in [6.07, 6.45) is 0. The van der Waals surface area contributed by atoms with Gasteiger partial charge in [0.25, 0.3) is 5.56 Å². The zero-order valence-electron chi connectivity index (χ0n) is 16.4. The van der Waals surface area contributed by atoms with E-state index in [9.17, 15) is 9.59 Å². The fourth-order valence-corrected chi connectivity index (χ4v) is 4.11. The summed E-state index contributed by atoms with van der Waals surface area (Å²) in [5.74, 6) is 0.960. The molecule has 3 heterocycles. The number of ether oxygens (including phenoxy) is 2. The fourth-order valence-electron chi connectivity index (χ4n) is 3.42. The van der Waals surface area contributed by atoms with Crippen LogP contribution in [0.1, 0.15) is 4.88 Å². The van der Waals surface area contributed by atoms with E-state index in [1.807, 2.05) is 23.6 Å². The number of nitrogens with zero attached hydrogens (tertiary/aromatic N) is 4. The molecule has 0 N–H and O–H groups in total. The van der Waals surface area contributed by atoms with E-state index in [0.29, 0.717) is 47.8 Å². The first-order valence-corrected chi connectivity index (χ1v) is 10.6. The average molecular weight is 434 g/mol. The summed E-state index contributed by atoms with van der Waals surface area (Å²) >= 11 is 1.56. The predicted octanol–water partition coefficient (Wildman–Crippen LogP) is 2.86. The van der Waals surface area contributed by atoms with E-state index < -0.39 is 0 Å². The molecule has 0 unspecified atom stereocenters. The van der Waals surface area contributed by atoms with E-state index in [1.54, 1.807) is 52.6 Å². The molecular formula is C22H18N4O4S. The lowest BCUT2D eigenvalue weighted by molar-refractivity contribution is -0.119. The summed E-state index contributed by atoms with van der Waals surface area (Å²) in [6.45, 7) is 1.09. The predicted molar refractivity (Wildman–Crippen MR) is 117 cm³/mol. The fraction of sp³-hybridized carbons (Fsp3) is 0.182. The number of anilines is 1. The van der Waals surface area contributed by atoms with E-state index in [2.05, 4.69) is 10.3 Å². The van der Waals surface area contributed by atoms with Crippen molar-refractivity contribution in [3.05, 3.63) is 75.2 Å².